The van der Waals surface area contributed by atoms with E-state index < -0.39 is 17.5 Å². The second kappa shape index (κ2) is 7.50. The van der Waals surface area contributed by atoms with Crippen LogP contribution in [0, 0.1) is 11.8 Å². The minimum Gasteiger partial charge on any atom is -0.352 e. The van der Waals surface area contributed by atoms with E-state index in [2.05, 4.69) is 24.5 Å². The minimum atomic E-state index is -1.28. The van der Waals surface area contributed by atoms with Crippen molar-refractivity contribution in [1.29, 1.82) is 0 Å². The summed E-state index contributed by atoms with van der Waals surface area (Å²) in [5, 5.41) is 6.09. The molecule has 1 saturated heterocycles. The molecule has 3 rings (SSSR count). The molecule has 146 valence electrons. The van der Waals surface area contributed by atoms with Gasteiger partial charge < -0.3 is 10.6 Å². The van der Waals surface area contributed by atoms with Crippen molar-refractivity contribution in [3.05, 3.63) is 34.9 Å². The van der Waals surface area contributed by atoms with Gasteiger partial charge in [-0.1, -0.05) is 56.5 Å². The van der Waals surface area contributed by atoms with Crippen LogP contribution in [0.25, 0.3) is 0 Å². The summed E-state index contributed by atoms with van der Waals surface area (Å²) in [4.78, 5) is 38.8. The highest BCUT2D eigenvalue weighted by Gasteiger charge is 2.50. The van der Waals surface area contributed by atoms with Gasteiger partial charge in [0.2, 0.25) is 5.91 Å². The molecule has 2 N–H and O–H groups in total. The average molecular weight is 392 g/mol. The zero-order chi connectivity index (χ0) is 19.8. The molecule has 0 bridgehead atoms. The number of hydrogen-bond acceptors (Lipinski definition) is 3. The van der Waals surface area contributed by atoms with Crippen LogP contribution in [-0.4, -0.2) is 35.3 Å². The van der Waals surface area contributed by atoms with E-state index in [0.717, 1.165) is 24.2 Å². The largest absolute Gasteiger partial charge is 0.352 e. The lowest BCUT2D eigenvalue weighted by molar-refractivity contribution is -0.135. The lowest BCUT2D eigenvalue weighted by Gasteiger charge is -2.34. The van der Waals surface area contributed by atoms with Crippen molar-refractivity contribution in [2.45, 2.75) is 51.6 Å². The number of imide groups is 1. The maximum absolute atomic E-state index is 12.9. The van der Waals surface area contributed by atoms with E-state index in [1.807, 2.05) is 0 Å². The molecule has 1 aromatic rings. The molecular weight excluding hydrogens is 366 g/mol. The monoisotopic (exact) mass is 391 g/mol. The number of rotatable bonds is 4. The Morgan fingerprint density at radius 2 is 2.00 bits per heavy atom. The molecule has 4 amide bonds. The van der Waals surface area contributed by atoms with Crippen molar-refractivity contribution >= 4 is 29.4 Å². The van der Waals surface area contributed by atoms with E-state index >= 15 is 0 Å². The molecule has 1 aliphatic carbocycles. The van der Waals surface area contributed by atoms with Gasteiger partial charge in [-0.2, -0.15) is 0 Å². The van der Waals surface area contributed by atoms with Gasteiger partial charge in [0.25, 0.3) is 5.91 Å². The fourth-order valence-electron chi connectivity index (χ4n) is 4.07. The topological polar surface area (TPSA) is 78.5 Å². The van der Waals surface area contributed by atoms with E-state index in [0.29, 0.717) is 22.4 Å². The first-order valence-corrected chi connectivity index (χ1v) is 9.80. The van der Waals surface area contributed by atoms with Crippen LogP contribution in [0.1, 0.15) is 45.6 Å². The van der Waals surface area contributed by atoms with Crippen LogP contribution in [0.2, 0.25) is 5.02 Å². The maximum Gasteiger partial charge on any atom is 0.325 e. The molecular formula is C20H26ClN3O3. The number of amides is 4. The highest BCUT2D eigenvalue weighted by Crippen LogP contribution is 2.33. The Hall–Kier alpha value is -2.08. The average Bonchev–Trinajstić information content (AvgIpc) is 2.83. The van der Waals surface area contributed by atoms with Crippen molar-refractivity contribution in [2.75, 3.05) is 6.54 Å². The number of benzene rings is 1. The third-order valence-corrected chi connectivity index (χ3v) is 6.37. The standard InChI is InChI=1S/C20H26ClN3O3/c1-12-7-6-10-16(13(12)2)22-17(25)11-24-18(26)20(3,23-19(24)27)14-8-4-5-9-15(14)21/h4-5,8-9,12-13,16H,6-7,10-11H2,1-3H3,(H,22,25)(H,23,27)/t12-,13+,16+,20+/m0/s1. The van der Waals surface area contributed by atoms with Crippen molar-refractivity contribution in [3.8, 4) is 0 Å². The van der Waals surface area contributed by atoms with Crippen molar-refractivity contribution in [2.24, 2.45) is 11.8 Å². The lowest BCUT2D eigenvalue weighted by Crippen LogP contribution is -2.49. The van der Waals surface area contributed by atoms with Crippen LogP contribution in [0.5, 0.6) is 0 Å². The van der Waals surface area contributed by atoms with Gasteiger partial charge in [-0.3, -0.25) is 14.5 Å². The number of hydrogen-bond donors (Lipinski definition) is 2. The van der Waals surface area contributed by atoms with Crippen LogP contribution < -0.4 is 10.6 Å². The van der Waals surface area contributed by atoms with Crippen molar-refractivity contribution in [3.63, 3.8) is 0 Å². The molecule has 1 heterocycles. The smallest absolute Gasteiger partial charge is 0.325 e. The highest BCUT2D eigenvalue weighted by molar-refractivity contribution is 6.32. The summed E-state index contributed by atoms with van der Waals surface area (Å²) in [6.45, 7) is 5.64. The molecule has 27 heavy (non-hydrogen) atoms. The van der Waals surface area contributed by atoms with Crippen molar-refractivity contribution in [1.82, 2.24) is 15.5 Å². The molecule has 1 aromatic carbocycles. The van der Waals surface area contributed by atoms with Gasteiger partial charge in [0.05, 0.1) is 0 Å². The third-order valence-electron chi connectivity index (χ3n) is 6.04. The van der Waals surface area contributed by atoms with Gasteiger partial charge >= 0.3 is 6.03 Å². The Balaban J connectivity index is 1.70. The predicted molar refractivity (Wildman–Crippen MR) is 103 cm³/mol. The van der Waals surface area contributed by atoms with Crippen LogP contribution in [-0.2, 0) is 15.1 Å². The summed E-state index contributed by atoms with van der Waals surface area (Å²) in [6.07, 6.45) is 3.16. The second-order valence-electron chi connectivity index (χ2n) is 7.87. The molecule has 0 spiro atoms. The maximum atomic E-state index is 12.9. The fourth-order valence-corrected chi connectivity index (χ4v) is 4.40. The van der Waals surface area contributed by atoms with Gasteiger partial charge in [-0.05, 0) is 31.2 Å². The van der Waals surface area contributed by atoms with E-state index in [-0.39, 0.29) is 18.5 Å². The molecule has 2 aliphatic rings. The first-order chi connectivity index (χ1) is 12.7. The van der Waals surface area contributed by atoms with Crippen LogP contribution in [0.3, 0.4) is 0 Å². The number of nitrogens with zero attached hydrogens (tertiary/aromatic N) is 1. The van der Waals surface area contributed by atoms with Gasteiger partial charge in [0, 0.05) is 16.6 Å². The number of nitrogens with one attached hydrogen (secondary N) is 2. The van der Waals surface area contributed by atoms with E-state index in [4.69, 9.17) is 11.6 Å². The number of carbonyl (C=O) groups excluding carboxylic acids is 3. The zero-order valence-electron chi connectivity index (χ0n) is 15.9. The summed E-state index contributed by atoms with van der Waals surface area (Å²) < 4.78 is 0. The SMILES string of the molecule is C[C@@H]1[C@@H](C)CCC[C@H]1NC(=O)CN1C(=O)N[C@](C)(c2ccccc2Cl)C1=O. The third kappa shape index (κ3) is 3.68. The molecule has 6 nitrogen and oxygen atoms in total. The Morgan fingerprint density at radius 3 is 2.70 bits per heavy atom. The molecule has 0 aromatic heterocycles. The Kier molecular flexibility index (Phi) is 5.47. The Labute approximate surface area is 164 Å². The molecule has 2 fully saturated rings. The Morgan fingerprint density at radius 1 is 1.30 bits per heavy atom. The molecule has 7 heteroatoms. The minimum absolute atomic E-state index is 0.0805. The van der Waals surface area contributed by atoms with Gasteiger partial charge in [0.15, 0.2) is 0 Å². The molecule has 0 unspecified atom stereocenters. The van der Waals surface area contributed by atoms with Crippen LogP contribution in [0.15, 0.2) is 24.3 Å². The van der Waals surface area contributed by atoms with Crippen LogP contribution >= 0.6 is 11.6 Å². The second-order valence-corrected chi connectivity index (χ2v) is 8.27. The number of halogens is 1. The van der Waals surface area contributed by atoms with E-state index in [1.165, 1.54) is 0 Å². The summed E-state index contributed by atoms with van der Waals surface area (Å²) >= 11 is 6.22. The first-order valence-electron chi connectivity index (χ1n) is 9.42. The predicted octanol–water partition coefficient (Wildman–Crippen LogP) is 3.05. The van der Waals surface area contributed by atoms with Gasteiger partial charge in [0.1, 0.15) is 12.1 Å². The molecule has 1 aliphatic heterocycles. The van der Waals surface area contributed by atoms with Crippen LogP contribution in [0.4, 0.5) is 4.79 Å². The molecule has 4 atom stereocenters. The first kappa shape index (κ1) is 19.7. The summed E-state index contributed by atoms with van der Waals surface area (Å²) in [7, 11) is 0. The Bertz CT molecular complexity index is 769. The summed E-state index contributed by atoms with van der Waals surface area (Å²) in [5.41, 5.74) is -0.759. The normalized spacial score (nSPS) is 31.0. The van der Waals surface area contributed by atoms with Gasteiger partial charge in [-0.15, -0.1) is 0 Å². The lowest BCUT2D eigenvalue weighted by atomic mass is 9.78. The van der Waals surface area contributed by atoms with Crippen molar-refractivity contribution < 1.29 is 14.4 Å². The quantitative estimate of drug-likeness (QED) is 0.774. The highest BCUT2D eigenvalue weighted by atomic mass is 35.5. The number of urea groups is 1. The zero-order valence-corrected chi connectivity index (χ0v) is 16.7. The van der Waals surface area contributed by atoms with Gasteiger partial charge in [-0.25, -0.2) is 4.79 Å². The number of carbonyl (C=O) groups is 3. The van der Waals surface area contributed by atoms with E-state index in [1.54, 1.807) is 31.2 Å². The summed E-state index contributed by atoms with van der Waals surface area (Å²) in [5.74, 6) is 0.136. The molecule has 0 radical (unpaired) electrons. The van der Waals surface area contributed by atoms with E-state index in [9.17, 15) is 14.4 Å². The summed E-state index contributed by atoms with van der Waals surface area (Å²) in [6, 6.07) is 6.39. The molecule has 1 saturated carbocycles. The fraction of sp³-hybridized carbons (Fsp3) is 0.550.